The van der Waals surface area contributed by atoms with Crippen molar-refractivity contribution in [2.45, 2.75) is 154 Å². The fraction of sp³-hybridized carbons (Fsp3) is 0.917. The van der Waals surface area contributed by atoms with E-state index < -0.39 is 35.4 Å². The first-order chi connectivity index (χ1) is 22.0. The van der Waals surface area contributed by atoms with Crippen molar-refractivity contribution < 1.29 is 43.3 Å². The molecule has 2 spiro atoms. The summed E-state index contributed by atoms with van der Waals surface area (Å²) in [4.78, 5) is 30.8. The monoisotopic (exact) mass is 643 g/mol. The van der Waals surface area contributed by atoms with Gasteiger partial charge in [0.05, 0.1) is 11.8 Å². The molecule has 10 heteroatoms. The van der Waals surface area contributed by atoms with Crippen molar-refractivity contribution in [3.63, 3.8) is 0 Å². The molecule has 0 aromatic carbocycles. The molecule has 46 heavy (non-hydrogen) atoms. The van der Waals surface area contributed by atoms with Gasteiger partial charge >= 0.3 is 0 Å². The second-order valence-corrected chi connectivity index (χ2v) is 16.3. The lowest BCUT2D eigenvalue weighted by Crippen LogP contribution is -2.71. The van der Waals surface area contributed by atoms with E-state index >= 15 is 0 Å². The van der Waals surface area contributed by atoms with Gasteiger partial charge in [-0.25, -0.2) is 19.6 Å². The van der Waals surface area contributed by atoms with Crippen LogP contribution < -0.4 is 0 Å². The summed E-state index contributed by atoms with van der Waals surface area (Å²) < 4.78 is 27.4. The van der Waals surface area contributed by atoms with Crippen LogP contribution in [0.15, 0.2) is 5.16 Å². The van der Waals surface area contributed by atoms with Gasteiger partial charge in [0.1, 0.15) is 6.10 Å². The zero-order valence-corrected chi connectivity index (χ0v) is 28.6. The summed E-state index contributed by atoms with van der Waals surface area (Å²) in [5.74, 6) is 6.53. The lowest BCUT2D eigenvalue weighted by atomic mass is 9.56. The molecule has 0 radical (unpaired) electrons. The third-order valence-corrected chi connectivity index (χ3v) is 13.7. The summed E-state index contributed by atoms with van der Waals surface area (Å²) in [5, 5.41) is 4.78. The van der Waals surface area contributed by atoms with E-state index in [-0.39, 0.29) is 42.5 Å². The zero-order valence-electron chi connectivity index (χ0n) is 28.6. The summed E-state index contributed by atoms with van der Waals surface area (Å²) in [5.41, 5.74) is -0.428. The third-order valence-electron chi connectivity index (χ3n) is 13.7. The average Bonchev–Trinajstić information content (AvgIpc) is 3.40. The molecule has 0 amide bonds. The van der Waals surface area contributed by atoms with Gasteiger partial charge in [0.15, 0.2) is 30.4 Å². The SMILES string of the molecule is CC#CCO/N=C(/C[C@H]1O[C@@H]2O[C@@]3(C)CC[C@H]4[C@H](C)CC[C@@H]([C@H]1C)[C@@]24OO3)[C@H]1O[C@@H]2O[C@@]3(C)CC[C@H]4[C@H](C)CC[C@@H]([C@H]1C)[C@@]24OO3. The highest BCUT2D eigenvalue weighted by molar-refractivity contribution is 5.89. The van der Waals surface area contributed by atoms with Crippen molar-refractivity contribution in [2.75, 3.05) is 6.61 Å². The first-order valence-corrected chi connectivity index (χ1v) is 18.0. The normalized spacial score (nSPS) is 55.7. The molecule has 10 fully saturated rings. The van der Waals surface area contributed by atoms with E-state index in [2.05, 4.69) is 39.5 Å². The Bertz CT molecular complexity index is 1280. The molecule has 0 aromatic rings. The molecular formula is C36H53NO9. The van der Waals surface area contributed by atoms with Crippen molar-refractivity contribution in [2.24, 2.45) is 52.5 Å². The summed E-state index contributed by atoms with van der Waals surface area (Å²) in [6.07, 6.45) is 6.87. The lowest BCUT2D eigenvalue weighted by Gasteiger charge is -2.61. The second kappa shape index (κ2) is 11.4. The predicted octanol–water partition coefficient (Wildman–Crippen LogP) is 6.27. The standard InChI is InChI=1S/C36H53NO9/c1-8-9-18-38-37-28(30-23(5)27-13-11-21(3)25-15-17-34(7)42-32(40-30)36(25,27)46-44-34)19-29-22(4)26-12-10-20(2)24-14-16-33(6)41-31(39-29)35(24,26)45-43-33/h20-27,29-32H,10-19H2,1-7H3/b37-28-/t20-,21-,22-,23-,24+,25+,26+,27+,29-,30+,31-,32-,33-,34-,35-,36-/m1/s1. The fourth-order valence-electron chi connectivity index (χ4n) is 11.1. The second-order valence-electron chi connectivity index (χ2n) is 16.3. The summed E-state index contributed by atoms with van der Waals surface area (Å²) in [6.45, 7) is 15.2. The number of rotatable bonds is 5. The molecule has 8 aliphatic heterocycles. The first kappa shape index (κ1) is 31.9. The highest BCUT2D eigenvalue weighted by atomic mass is 17.3. The molecule has 10 nitrogen and oxygen atoms in total. The molecule has 256 valence electrons. The van der Waals surface area contributed by atoms with Gasteiger partial charge in [-0.2, -0.15) is 0 Å². The Morgan fingerprint density at radius 2 is 1.28 bits per heavy atom. The Kier molecular flexibility index (Phi) is 7.90. The van der Waals surface area contributed by atoms with E-state index in [1.165, 1.54) is 0 Å². The topological polar surface area (TPSA) is 95.4 Å². The van der Waals surface area contributed by atoms with Gasteiger partial charge in [-0.3, -0.25) is 0 Å². The van der Waals surface area contributed by atoms with Crippen LogP contribution in [0.4, 0.5) is 0 Å². The van der Waals surface area contributed by atoms with Crippen molar-refractivity contribution in [1.29, 1.82) is 0 Å². The van der Waals surface area contributed by atoms with Crippen LogP contribution in [-0.2, 0) is 43.3 Å². The molecule has 10 rings (SSSR count). The Morgan fingerprint density at radius 3 is 1.87 bits per heavy atom. The van der Waals surface area contributed by atoms with Gasteiger partial charge in [0.2, 0.25) is 11.6 Å². The molecule has 8 saturated heterocycles. The zero-order chi connectivity index (χ0) is 32.1. The van der Waals surface area contributed by atoms with Crippen molar-refractivity contribution >= 4 is 5.71 Å². The minimum absolute atomic E-state index is 0.0893. The molecule has 4 bridgehead atoms. The van der Waals surface area contributed by atoms with E-state index in [1.54, 1.807) is 6.92 Å². The van der Waals surface area contributed by atoms with Crippen molar-refractivity contribution in [3.05, 3.63) is 0 Å². The fourth-order valence-corrected chi connectivity index (χ4v) is 11.1. The molecule has 2 aliphatic carbocycles. The Morgan fingerprint density at radius 1 is 0.717 bits per heavy atom. The van der Waals surface area contributed by atoms with Gasteiger partial charge < -0.3 is 23.8 Å². The molecule has 8 heterocycles. The summed E-state index contributed by atoms with van der Waals surface area (Å²) in [6, 6.07) is 0. The van der Waals surface area contributed by atoms with Crippen LogP contribution in [0.5, 0.6) is 0 Å². The Labute approximate surface area is 273 Å². The minimum Gasteiger partial charge on any atom is -0.383 e. The van der Waals surface area contributed by atoms with Gasteiger partial charge in [0, 0.05) is 31.1 Å². The first-order valence-electron chi connectivity index (χ1n) is 18.0. The highest BCUT2D eigenvalue weighted by Crippen LogP contribution is 2.63. The van der Waals surface area contributed by atoms with E-state index in [0.29, 0.717) is 30.1 Å². The van der Waals surface area contributed by atoms with E-state index in [4.69, 9.17) is 48.5 Å². The number of oxime groups is 1. The Hall–Kier alpha value is -1.29. The van der Waals surface area contributed by atoms with Gasteiger partial charge in [-0.1, -0.05) is 38.8 Å². The highest BCUT2D eigenvalue weighted by Gasteiger charge is 2.71. The molecule has 16 atom stereocenters. The smallest absolute Gasteiger partial charge is 0.201 e. The Balaban J connectivity index is 1.12. The van der Waals surface area contributed by atoms with Crippen LogP contribution in [0.1, 0.15) is 106 Å². The van der Waals surface area contributed by atoms with Crippen molar-refractivity contribution in [1.82, 2.24) is 0 Å². The molecule has 0 N–H and O–H groups in total. The molecule has 10 aliphatic rings. The lowest BCUT2D eigenvalue weighted by molar-refractivity contribution is -0.571. The van der Waals surface area contributed by atoms with Crippen molar-refractivity contribution in [3.8, 4) is 11.8 Å². The maximum absolute atomic E-state index is 7.03. The summed E-state index contributed by atoms with van der Waals surface area (Å²) in [7, 11) is 0. The van der Waals surface area contributed by atoms with E-state index in [0.717, 1.165) is 57.1 Å². The quantitative estimate of drug-likeness (QED) is 0.113. The van der Waals surface area contributed by atoms with Crippen LogP contribution in [-0.4, -0.2) is 59.9 Å². The average molecular weight is 644 g/mol. The summed E-state index contributed by atoms with van der Waals surface area (Å²) >= 11 is 0. The number of ether oxygens (including phenoxy) is 4. The number of fused-ring (bicyclic) bond motifs is 4. The molecular weight excluding hydrogens is 590 g/mol. The maximum atomic E-state index is 7.03. The predicted molar refractivity (Wildman–Crippen MR) is 165 cm³/mol. The third kappa shape index (κ3) is 4.63. The van der Waals surface area contributed by atoms with E-state index in [9.17, 15) is 0 Å². The van der Waals surface area contributed by atoms with Crippen LogP contribution in [0.25, 0.3) is 0 Å². The van der Waals surface area contributed by atoms with Gasteiger partial charge in [-0.05, 0) is 94.8 Å². The number of hydrogen-bond acceptors (Lipinski definition) is 10. The van der Waals surface area contributed by atoms with Crippen LogP contribution in [0.3, 0.4) is 0 Å². The van der Waals surface area contributed by atoms with Crippen LogP contribution >= 0.6 is 0 Å². The van der Waals surface area contributed by atoms with Crippen LogP contribution in [0, 0.1) is 59.2 Å². The van der Waals surface area contributed by atoms with E-state index in [1.807, 2.05) is 13.8 Å². The van der Waals surface area contributed by atoms with Crippen LogP contribution in [0.2, 0.25) is 0 Å². The molecule has 2 saturated carbocycles. The molecule has 0 aromatic heterocycles. The minimum atomic E-state index is -0.842. The maximum Gasteiger partial charge on any atom is 0.201 e. The number of nitrogens with zero attached hydrogens (tertiary/aromatic N) is 1. The molecule has 0 unspecified atom stereocenters. The number of hydrogen-bond donors (Lipinski definition) is 0. The van der Waals surface area contributed by atoms with Gasteiger partial charge in [-0.15, -0.1) is 5.92 Å². The largest absolute Gasteiger partial charge is 0.383 e. The van der Waals surface area contributed by atoms with Gasteiger partial charge in [0.25, 0.3) is 0 Å².